The van der Waals surface area contributed by atoms with Crippen molar-refractivity contribution in [1.82, 2.24) is 14.9 Å². The smallest absolute Gasteiger partial charge is 0.240 e. The lowest BCUT2D eigenvalue weighted by Gasteiger charge is -2.08. The number of hydrogen-bond acceptors (Lipinski definition) is 4. The first kappa shape index (κ1) is 16.1. The van der Waals surface area contributed by atoms with Crippen LogP contribution in [0, 0.1) is 34.3 Å². The van der Waals surface area contributed by atoms with Gasteiger partial charge in [0.15, 0.2) is 11.4 Å². The van der Waals surface area contributed by atoms with Gasteiger partial charge in [-0.05, 0) is 18.6 Å². The zero-order valence-corrected chi connectivity index (χ0v) is 11.9. The summed E-state index contributed by atoms with van der Waals surface area (Å²) < 4.78 is 28.1. The van der Waals surface area contributed by atoms with Crippen LogP contribution >= 0.6 is 0 Å². The third-order valence-corrected chi connectivity index (χ3v) is 3.12. The highest BCUT2D eigenvalue weighted by molar-refractivity contribution is 5.76. The van der Waals surface area contributed by atoms with E-state index in [1.807, 2.05) is 0 Å². The van der Waals surface area contributed by atoms with Gasteiger partial charge in [-0.25, -0.2) is 13.8 Å². The SMILES string of the molecule is N#Cc1ncn(CC(=O)NCCc2c(F)cccc2F)c1C#N. The maximum atomic E-state index is 13.4. The summed E-state index contributed by atoms with van der Waals surface area (Å²) >= 11 is 0. The molecule has 1 aromatic heterocycles. The minimum atomic E-state index is -0.667. The van der Waals surface area contributed by atoms with Crippen LogP contribution in [0.2, 0.25) is 0 Å². The molecule has 0 aliphatic rings. The number of nitriles is 2. The lowest BCUT2D eigenvalue weighted by molar-refractivity contribution is -0.121. The number of amides is 1. The van der Waals surface area contributed by atoms with Gasteiger partial charge in [-0.2, -0.15) is 10.5 Å². The summed E-state index contributed by atoms with van der Waals surface area (Å²) in [6, 6.07) is 7.10. The van der Waals surface area contributed by atoms with Gasteiger partial charge in [0.25, 0.3) is 0 Å². The normalized spacial score (nSPS) is 9.91. The van der Waals surface area contributed by atoms with Crippen molar-refractivity contribution in [1.29, 1.82) is 10.5 Å². The van der Waals surface area contributed by atoms with Crippen LogP contribution in [0.5, 0.6) is 0 Å². The molecule has 1 N–H and O–H groups in total. The van der Waals surface area contributed by atoms with Gasteiger partial charge in [0.1, 0.15) is 30.3 Å². The molecule has 116 valence electrons. The average Bonchev–Trinajstić information content (AvgIpc) is 2.91. The first-order valence-corrected chi connectivity index (χ1v) is 6.61. The molecule has 0 unspecified atom stereocenters. The number of nitrogens with one attached hydrogen (secondary N) is 1. The number of hydrogen-bond donors (Lipinski definition) is 1. The van der Waals surface area contributed by atoms with Crippen LogP contribution in [-0.4, -0.2) is 22.0 Å². The zero-order valence-electron chi connectivity index (χ0n) is 11.9. The summed E-state index contributed by atoms with van der Waals surface area (Å²) in [6.45, 7) is -0.171. The Morgan fingerprint density at radius 2 is 1.96 bits per heavy atom. The van der Waals surface area contributed by atoms with E-state index in [1.54, 1.807) is 12.1 Å². The summed E-state index contributed by atoms with van der Waals surface area (Å²) in [6.07, 6.45) is 1.22. The van der Waals surface area contributed by atoms with Gasteiger partial charge in [0, 0.05) is 12.1 Å². The lowest BCUT2D eigenvalue weighted by Crippen LogP contribution is -2.29. The largest absolute Gasteiger partial charge is 0.354 e. The van der Waals surface area contributed by atoms with Crippen molar-refractivity contribution in [2.24, 2.45) is 0 Å². The molecule has 0 fully saturated rings. The summed E-state index contributed by atoms with van der Waals surface area (Å²) in [4.78, 5) is 15.5. The van der Waals surface area contributed by atoms with Crippen LogP contribution in [0.4, 0.5) is 8.78 Å². The van der Waals surface area contributed by atoms with E-state index in [0.29, 0.717) is 0 Å². The molecule has 0 aliphatic heterocycles. The highest BCUT2D eigenvalue weighted by atomic mass is 19.1. The molecule has 0 bridgehead atoms. The first-order valence-electron chi connectivity index (χ1n) is 6.61. The van der Waals surface area contributed by atoms with E-state index >= 15 is 0 Å². The zero-order chi connectivity index (χ0) is 16.8. The Balaban J connectivity index is 1.93. The molecule has 0 saturated carbocycles. The number of halogens is 2. The number of rotatable bonds is 5. The molecular formula is C15H11F2N5O. The van der Waals surface area contributed by atoms with Gasteiger partial charge in [-0.15, -0.1) is 0 Å². The van der Waals surface area contributed by atoms with Crippen molar-refractivity contribution in [2.45, 2.75) is 13.0 Å². The van der Waals surface area contributed by atoms with E-state index in [1.165, 1.54) is 17.0 Å². The molecule has 2 rings (SSSR count). The maximum Gasteiger partial charge on any atom is 0.240 e. The molecule has 23 heavy (non-hydrogen) atoms. The first-order chi connectivity index (χ1) is 11.1. The molecule has 1 heterocycles. The van der Waals surface area contributed by atoms with E-state index in [2.05, 4.69) is 10.3 Å². The summed E-state index contributed by atoms with van der Waals surface area (Å²) in [5.74, 6) is -1.79. The van der Waals surface area contributed by atoms with Crippen LogP contribution in [0.15, 0.2) is 24.5 Å². The van der Waals surface area contributed by atoms with Crippen LogP contribution in [0.1, 0.15) is 17.0 Å². The van der Waals surface area contributed by atoms with Crippen molar-refractivity contribution in [3.8, 4) is 12.1 Å². The van der Waals surface area contributed by atoms with Crippen molar-refractivity contribution in [3.05, 3.63) is 53.1 Å². The predicted molar refractivity (Wildman–Crippen MR) is 74.7 cm³/mol. The van der Waals surface area contributed by atoms with Gasteiger partial charge < -0.3 is 9.88 Å². The standard InChI is InChI=1S/C15H11F2N5O/c16-11-2-1-3-12(17)10(11)4-5-20-15(23)8-22-9-21-13(6-18)14(22)7-19/h1-3,9H,4-5,8H2,(H,20,23). The maximum absolute atomic E-state index is 13.4. The topological polar surface area (TPSA) is 94.5 Å². The van der Waals surface area contributed by atoms with E-state index < -0.39 is 17.5 Å². The second-order valence-corrected chi connectivity index (χ2v) is 4.59. The van der Waals surface area contributed by atoms with Gasteiger partial charge in [0.05, 0.1) is 6.33 Å². The fourth-order valence-corrected chi connectivity index (χ4v) is 2.01. The molecule has 0 radical (unpaired) electrons. The second-order valence-electron chi connectivity index (χ2n) is 4.59. The number of benzene rings is 1. The number of carbonyl (C=O) groups is 1. The Labute approximate surface area is 130 Å². The Kier molecular flexibility index (Phi) is 5.00. The predicted octanol–water partition coefficient (Wildman–Crippen LogP) is 1.26. The minimum Gasteiger partial charge on any atom is -0.354 e. The third-order valence-electron chi connectivity index (χ3n) is 3.12. The summed E-state index contributed by atoms with van der Waals surface area (Å²) in [7, 11) is 0. The molecule has 0 spiro atoms. The highest BCUT2D eigenvalue weighted by Crippen LogP contribution is 2.12. The van der Waals surface area contributed by atoms with Crippen LogP contribution in [-0.2, 0) is 17.8 Å². The fourth-order valence-electron chi connectivity index (χ4n) is 2.01. The van der Waals surface area contributed by atoms with Crippen molar-refractivity contribution >= 4 is 5.91 Å². The van der Waals surface area contributed by atoms with E-state index in [0.717, 1.165) is 12.1 Å². The number of nitrogens with zero attached hydrogens (tertiary/aromatic N) is 4. The van der Waals surface area contributed by atoms with Crippen molar-refractivity contribution in [2.75, 3.05) is 6.54 Å². The molecule has 8 heteroatoms. The molecule has 0 aliphatic carbocycles. The highest BCUT2D eigenvalue weighted by Gasteiger charge is 2.13. The fraction of sp³-hybridized carbons (Fsp3) is 0.200. The molecule has 0 saturated heterocycles. The summed E-state index contributed by atoms with van der Waals surface area (Å²) in [5, 5.41) is 20.2. The van der Waals surface area contributed by atoms with E-state index in [9.17, 15) is 13.6 Å². The van der Waals surface area contributed by atoms with Gasteiger partial charge in [-0.3, -0.25) is 4.79 Å². The van der Waals surface area contributed by atoms with Crippen LogP contribution < -0.4 is 5.32 Å². The number of carbonyl (C=O) groups excluding carboxylic acids is 1. The Morgan fingerprint density at radius 3 is 2.57 bits per heavy atom. The molecule has 0 atom stereocenters. The molecule has 1 aromatic carbocycles. The number of aromatic nitrogens is 2. The quantitative estimate of drug-likeness (QED) is 0.898. The van der Waals surface area contributed by atoms with E-state index in [4.69, 9.17) is 10.5 Å². The summed E-state index contributed by atoms with van der Waals surface area (Å²) in [5.41, 5.74) is -0.170. The number of imidazole rings is 1. The van der Waals surface area contributed by atoms with Crippen molar-refractivity contribution < 1.29 is 13.6 Å². The Hall–Kier alpha value is -3.26. The minimum absolute atomic E-state index is 0.00271. The van der Waals surface area contributed by atoms with E-state index in [-0.39, 0.29) is 36.5 Å². The Morgan fingerprint density at radius 1 is 1.26 bits per heavy atom. The van der Waals surface area contributed by atoms with Gasteiger partial charge in [-0.1, -0.05) is 6.07 Å². The molecule has 2 aromatic rings. The van der Waals surface area contributed by atoms with Gasteiger partial charge in [0.2, 0.25) is 5.91 Å². The van der Waals surface area contributed by atoms with Crippen LogP contribution in [0.3, 0.4) is 0 Å². The van der Waals surface area contributed by atoms with Gasteiger partial charge >= 0.3 is 0 Å². The lowest BCUT2D eigenvalue weighted by atomic mass is 10.1. The molecule has 1 amide bonds. The molecule has 6 nitrogen and oxygen atoms in total. The van der Waals surface area contributed by atoms with Crippen molar-refractivity contribution in [3.63, 3.8) is 0 Å². The second kappa shape index (κ2) is 7.14. The Bertz CT molecular complexity index is 796. The van der Waals surface area contributed by atoms with Crippen LogP contribution in [0.25, 0.3) is 0 Å². The molecular weight excluding hydrogens is 304 g/mol. The monoisotopic (exact) mass is 315 g/mol. The third kappa shape index (κ3) is 3.69. The average molecular weight is 315 g/mol.